The lowest BCUT2D eigenvalue weighted by Gasteiger charge is -2.11. The molecule has 3 rings (SSSR count). The van der Waals surface area contributed by atoms with E-state index in [1.54, 1.807) is 17.1 Å². The Bertz CT molecular complexity index is 696. The molecule has 2 atom stereocenters. The summed E-state index contributed by atoms with van der Waals surface area (Å²) in [6.07, 6.45) is 5.30. The van der Waals surface area contributed by atoms with E-state index in [0.29, 0.717) is 17.8 Å². The molecule has 7 nitrogen and oxygen atoms in total. The summed E-state index contributed by atoms with van der Waals surface area (Å²) in [5.41, 5.74) is 8.08. The maximum atomic E-state index is 12.5. The fraction of sp³-hybridized carbons (Fsp3) is 0.471. The van der Waals surface area contributed by atoms with Crippen LogP contribution in [0.25, 0.3) is 11.3 Å². The highest BCUT2D eigenvalue weighted by Crippen LogP contribution is 2.21. The van der Waals surface area contributed by atoms with Crippen LogP contribution in [0.4, 0.5) is 5.82 Å². The lowest BCUT2D eigenvalue weighted by molar-refractivity contribution is -0.117. The molecule has 3 N–H and O–H groups in total. The second-order valence-corrected chi connectivity index (χ2v) is 6.67. The molecule has 1 aliphatic rings. The summed E-state index contributed by atoms with van der Waals surface area (Å²) in [4.78, 5) is 16.5. The number of anilines is 1. The molecule has 2 aromatic heterocycles. The van der Waals surface area contributed by atoms with Crippen LogP contribution in [0.1, 0.15) is 26.7 Å². The first-order valence-corrected chi connectivity index (χ1v) is 8.29. The number of carbonyl (C=O) groups excluding carboxylic acids is 1. The van der Waals surface area contributed by atoms with Gasteiger partial charge in [0.2, 0.25) is 5.91 Å². The molecule has 2 unspecified atom stereocenters. The van der Waals surface area contributed by atoms with E-state index < -0.39 is 0 Å². The van der Waals surface area contributed by atoms with E-state index in [0.717, 1.165) is 24.1 Å². The van der Waals surface area contributed by atoms with Crippen LogP contribution < -0.4 is 16.2 Å². The number of rotatable bonds is 5. The Morgan fingerprint density at radius 1 is 1.38 bits per heavy atom. The van der Waals surface area contributed by atoms with Gasteiger partial charge in [-0.15, -0.1) is 0 Å². The fourth-order valence-corrected chi connectivity index (χ4v) is 2.98. The van der Waals surface area contributed by atoms with Crippen molar-refractivity contribution in [2.75, 3.05) is 5.32 Å². The van der Waals surface area contributed by atoms with Gasteiger partial charge in [0.1, 0.15) is 11.9 Å². The number of amides is 1. The minimum Gasteiger partial charge on any atom is -0.309 e. The van der Waals surface area contributed by atoms with E-state index in [1.807, 2.05) is 25.2 Å². The zero-order valence-electron chi connectivity index (χ0n) is 14.3. The van der Waals surface area contributed by atoms with Gasteiger partial charge in [0.25, 0.3) is 0 Å². The number of carbonyl (C=O) groups is 1. The molecule has 0 aromatic carbocycles. The second kappa shape index (κ2) is 7.11. The van der Waals surface area contributed by atoms with E-state index in [-0.39, 0.29) is 11.9 Å². The van der Waals surface area contributed by atoms with Gasteiger partial charge in [-0.2, -0.15) is 5.10 Å². The van der Waals surface area contributed by atoms with Crippen LogP contribution in [0, 0.1) is 5.92 Å². The van der Waals surface area contributed by atoms with Gasteiger partial charge < -0.3 is 5.32 Å². The molecule has 128 valence electrons. The summed E-state index contributed by atoms with van der Waals surface area (Å²) in [5.74, 6) is 1.24. The number of hydrazine groups is 1. The first-order valence-electron chi connectivity index (χ1n) is 8.29. The summed E-state index contributed by atoms with van der Waals surface area (Å²) in [6, 6.07) is 5.77. The number of hydrogen-bond donors (Lipinski definition) is 3. The number of aromatic nitrogens is 3. The van der Waals surface area contributed by atoms with Gasteiger partial charge in [-0.25, -0.2) is 5.43 Å². The summed E-state index contributed by atoms with van der Waals surface area (Å²) < 4.78 is 1.68. The Kier molecular flexibility index (Phi) is 4.92. The zero-order chi connectivity index (χ0) is 17.1. The maximum Gasteiger partial charge on any atom is 0.244 e. The van der Waals surface area contributed by atoms with Crippen LogP contribution in [0.5, 0.6) is 0 Å². The quantitative estimate of drug-likeness (QED) is 0.778. The predicted octanol–water partition coefficient (Wildman–Crippen LogP) is 1.70. The average Bonchev–Trinajstić information content (AvgIpc) is 3.15. The van der Waals surface area contributed by atoms with Crippen molar-refractivity contribution in [3.8, 4) is 11.3 Å². The highest BCUT2D eigenvalue weighted by Gasteiger charge is 2.30. The Balaban J connectivity index is 1.64. The molecule has 3 heterocycles. The Hall–Kier alpha value is -2.25. The first-order chi connectivity index (χ1) is 11.5. The van der Waals surface area contributed by atoms with Crippen molar-refractivity contribution in [3.63, 3.8) is 0 Å². The minimum absolute atomic E-state index is 0.0435. The standard InChI is InChI=1S/C17H24N6O/c1-11(2)8-13-9-15(21-20-13)17(24)19-16-10-14(22-23(16)3)12-4-6-18-7-5-12/h4-7,10-11,13,15,20-21H,8-9H2,1-3H3,(H,19,24). The topological polar surface area (TPSA) is 83.9 Å². The normalized spacial score (nSPS) is 20.5. The van der Waals surface area contributed by atoms with E-state index in [1.165, 1.54) is 0 Å². The van der Waals surface area contributed by atoms with Crippen LogP contribution in [-0.4, -0.2) is 32.8 Å². The number of nitrogens with one attached hydrogen (secondary N) is 3. The SMILES string of the molecule is CC(C)CC1CC(C(=O)Nc2cc(-c3ccncc3)nn2C)NN1. The number of pyridine rings is 1. The minimum atomic E-state index is -0.229. The van der Waals surface area contributed by atoms with Gasteiger partial charge in [-0.3, -0.25) is 19.9 Å². The van der Waals surface area contributed by atoms with Crippen molar-refractivity contribution < 1.29 is 4.79 Å². The van der Waals surface area contributed by atoms with Crippen molar-refractivity contribution in [1.29, 1.82) is 0 Å². The molecule has 1 saturated heterocycles. The van der Waals surface area contributed by atoms with Crippen molar-refractivity contribution in [1.82, 2.24) is 25.6 Å². The Labute approximate surface area is 141 Å². The molecular weight excluding hydrogens is 304 g/mol. The third-order valence-corrected chi connectivity index (χ3v) is 4.16. The Morgan fingerprint density at radius 2 is 2.12 bits per heavy atom. The van der Waals surface area contributed by atoms with Crippen molar-refractivity contribution >= 4 is 11.7 Å². The molecular formula is C17H24N6O. The average molecular weight is 328 g/mol. The molecule has 0 radical (unpaired) electrons. The smallest absolute Gasteiger partial charge is 0.244 e. The van der Waals surface area contributed by atoms with Crippen LogP contribution in [0.2, 0.25) is 0 Å². The van der Waals surface area contributed by atoms with E-state index >= 15 is 0 Å². The second-order valence-electron chi connectivity index (χ2n) is 6.67. The number of hydrogen-bond acceptors (Lipinski definition) is 5. The molecule has 2 aromatic rings. The molecule has 0 spiro atoms. The van der Waals surface area contributed by atoms with Crippen molar-refractivity contribution in [2.24, 2.45) is 13.0 Å². The van der Waals surface area contributed by atoms with Gasteiger partial charge in [0, 0.05) is 37.1 Å². The third-order valence-electron chi connectivity index (χ3n) is 4.16. The van der Waals surface area contributed by atoms with Gasteiger partial charge in [0.15, 0.2) is 0 Å². The zero-order valence-corrected chi connectivity index (χ0v) is 14.3. The number of nitrogens with zero attached hydrogens (tertiary/aromatic N) is 3. The summed E-state index contributed by atoms with van der Waals surface area (Å²) in [5, 5.41) is 7.41. The summed E-state index contributed by atoms with van der Waals surface area (Å²) >= 11 is 0. The van der Waals surface area contributed by atoms with Crippen LogP contribution >= 0.6 is 0 Å². The van der Waals surface area contributed by atoms with Crippen molar-refractivity contribution in [2.45, 2.75) is 38.8 Å². The van der Waals surface area contributed by atoms with E-state index in [9.17, 15) is 4.79 Å². The molecule has 1 fully saturated rings. The van der Waals surface area contributed by atoms with Crippen molar-refractivity contribution in [3.05, 3.63) is 30.6 Å². The largest absolute Gasteiger partial charge is 0.309 e. The van der Waals surface area contributed by atoms with Crippen LogP contribution in [0.3, 0.4) is 0 Å². The summed E-state index contributed by atoms with van der Waals surface area (Å²) in [7, 11) is 1.82. The highest BCUT2D eigenvalue weighted by atomic mass is 16.2. The maximum absolute atomic E-state index is 12.5. The lowest BCUT2D eigenvalue weighted by Crippen LogP contribution is -2.40. The molecule has 1 aliphatic heterocycles. The monoisotopic (exact) mass is 328 g/mol. The van der Waals surface area contributed by atoms with Crippen LogP contribution in [-0.2, 0) is 11.8 Å². The highest BCUT2D eigenvalue weighted by molar-refractivity contribution is 5.94. The first kappa shape index (κ1) is 16.6. The van der Waals surface area contributed by atoms with Gasteiger partial charge in [-0.05, 0) is 30.9 Å². The lowest BCUT2D eigenvalue weighted by atomic mass is 10.00. The summed E-state index contributed by atoms with van der Waals surface area (Å²) in [6.45, 7) is 4.37. The molecule has 0 bridgehead atoms. The predicted molar refractivity (Wildman–Crippen MR) is 93.0 cm³/mol. The van der Waals surface area contributed by atoms with Gasteiger partial charge in [-0.1, -0.05) is 13.8 Å². The third kappa shape index (κ3) is 3.80. The molecule has 24 heavy (non-hydrogen) atoms. The number of aryl methyl sites for hydroxylation is 1. The Morgan fingerprint density at radius 3 is 2.83 bits per heavy atom. The fourth-order valence-electron chi connectivity index (χ4n) is 2.98. The molecule has 0 saturated carbocycles. The van der Waals surface area contributed by atoms with Gasteiger partial charge >= 0.3 is 0 Å². The van der Waals surface area contributed by atoms with Crippen LogP contribution in [0.15, 0.2) is 30.6 Å². The molecule has 1 amide bonds. The van der Waals surface area contributed by atoms with E-state index in [2.05, 4.69) is 40.1 Å². The molecule has 0 aliphatic carbocycles. The molecule has 7 heteroatoms. The van der Waals surface area contributed by atoms with Gasteiger partial charge in [0.05, 0.1) is 5.69 Å². The van der Waals surface area contributed by atoms with E-state index in [4.69, 9.17) is 0 Å².